The first-order chi connectivity index (χ1) is 10.2. The minimum absolute atomic E-state index is 0.248. The highest BCUT2D eigenvalue weighted by atomic mass is 16.5. The summed E-state index contributed by atoms with van der Waals surface area (Å²) in [5.74, 6) is -0.248. The van der Waals surface area contributed by atoms with Gasteiger partial charge in [0.2, 0.25) is 5.91 Å². The summed E-state index contributed by atoms with van der Waals surface area (Å²) in [6.07, 6.45) is 0.744. The molecule has 1 saturated heterocycles. The maximum atomic E-state index is 11.8. The largest absolute Gasteiger partial charge is 0.382 e. The number of carbonyl (C=O) groups excluding carboxylic acids is 2. The topological polar surface area (TPSA) is 73.9 Å². The van der Waals surface area contributed by atoms with Crippen LogP contribution in [0.2, 0.25) is 0 Å². The minimum Gasteiger partial charge on any atom is -0.382 e. The smallest absolute Gasteiger partial charge is 0.321 e. The van der Waals surface area contributed by atoms with Gasteiger partial charge >= 0.3 is 6.03 Å². The predicted octanol–water partition coefficient (Wildman–Crippen LogP) is -0.124. The fourth-order valence-corrected chi connectivity index (χ4v) is 2.20. The van der Waals surface area contributed by atoms with Gasteiger partial charge in [-0.3, -0.25) is 15.0 Å². The van der Waals surface area contributed by atoms with E-state index in [-0.39, 0.29) is 12.5 Å². The number of hydrogen-bond donors (Lipinski definition) is 2. The van der Waals surface area contributed by atoms with Crippen molar-refractivity contribution in [3.63, 3.8) is 0 Å². The number of rotatable bonds is 8. The first-order valence-electron chi connectivity index (χ1n) is 7.75. The van der Waals surface area contributed by atoms with Crippen molar-refractivity contribution in [3.8, 4) is 0 Å². The third-order valence-electron chi connectivity index (χ3n) is 3.49. The molecule has 0 atom stereocenters. The molecule has 0 radical (unpaired) electrons. The summed E-state index contributed by atoms with van der Waals surface area (Å²) < 4.78 is 5.17. The Balaban J connectivity index is 2.08. The number of nitrogens with one attached hydrogen (secondary N) is 2. The molecule has 7 heteroatoms. The molecule has 0 aliphatic carbocycles. The molecule has 0 saturated carbocycles. The molecular formula is C14H28N4O3. The van der Waals surface area contributed by atoms with Gasteiger partial charge in [-0.1, -0.05) is 6.92 Å². The molecule has 21 heavy (non-hydrogen) atoms. The quantitative estimate of drug-likeness (QED) is 0.611. The molecule has 1 aliphatic heterocycles. The third-order valence-corrected chi connectivity index (χ3v) is 3.49. The van der Waals surface area contributed by atoms with Crippen LogP contribution in [0.1, 0.15) is 20.3 Å². The van der Waals surface area contributed by atoms with E-state index in [1.807, 2.05) is 6.92 Å². The van der Waals surface area contributed by atoms with E-state index < -0.39 is 6.03 Å². The normalized spacial score (nSPS) is 16.7. The van der Waals surface area contributed by atoms with Crippen molar-refractivity contribution in [1.29, 1.82) is 0 Å². The summed E-state index contributed by atoms with van der Waals surface area (Å²) in [6, 6.07) is -0.427. The van der Waals surface area contributed by atoms with Crippen molar-refractivity contribution in [2.45, 2.75) is 20.3 Å². The number of amides is 3. The van der Waals surface area contributed by atoms with Crippen LogP contribution in [0.25, 0.3) is 0 Å². The number of nitrogens with zero attached hydrogens (tertiary/aromatic N) is 2. The van der Waals surface area contributed by atoms with Crippen LogP contribution in [-0.2, 0) is 9.53 Å². The average Bonchev–Trinajstić information content (AvgIpc) is 2.47. The molecule has 0 spiro atoms. The molecule has 0 aromatic carbocycles. The first-order valence-corrected chi connectivity index (χ1v) is 7.75. The van der Waals surface area contributed by atoms with Crippen LogP contribution in [-0.4, -0.2) is 80.8 Å². The standard InChI is InChI=1S/C14H28N4O3/c1-3-17-7-9-18(10-8-17)12-13(19)16-14(20)15-6-5-11-21-4-2/h3-12H2,1-2H3,(H2,15,16,19,20). The van der Waals surface area contributed by atoms with Crippen molar-refractivity contribution < 1.29 is 14.3 Å². The van der Waals surface area contributed by atoms with E-state index in [1.54, 1.807) is 0 Å². The molecule has 0 unspecified atom stereocenters. The van der Waals surface area contributed by atoms with Gasteiger partial charge in [-0.15, -0.1) is 0 Å². The Hall–Kier alpha value is -1.18. The molecule has 1 fully saturated rings. The second-order valence-corrected chi connectivity index (χ2v) is 5.06. The van der Waals surface area contributed by atoms with Gasteiger partial charge in [0.1, 0.15) is 0 Å². The molecule has 0 bridgehead atoms. The summed E-state index contributed by atoms with van der Waals surface area (Å²) in [6.45, 7) is 10.9. The lowest BCUT2D eigenvalue weighted by Gasteiger charge is -2.33. The average molecular weight is 300 g/mol. The number of carbonyl (C=O) groups is 2. The summed E-state index contributed by atoms with van der Waals surface area (Å²) >= 11 is 0. The first kappa shape index (κ1) is 17.9. The lowest BCUT2D eigenvalue weighted by molar-refractivity contribution is -0.121. The summed E-state index contributed by atoms with van der Waals surface area (Å²) in [7, 11) is 0. The fourth-order valence-electron chi connectivity index (χ4n) is 2.20. The number of urea groups is 1. The predicted molar refractivity (Wildman–Crippen MR) is 81.2 cm³/mol. The van der Waals surface area contributed by atoms with Gasteiger partial charge in [-0.2, -0.15) is 0 Å². The fraction of sp³-hybridized carbons (Fsp3) is 0.857. The maximum absolute atomic E-state index is 11.8. The molecule has 2 N–H and O–H groups in total. The molecule has 0 aromatic heterocycles. The van der Waals surface area contributed by atoms with E-state index in [1.165, 1.54) is 0 Å². The Labute approximate surface area is 127 Å². The zero-order valence-corrected chi connectivity index (χ0v) is 13.2. The van der Waals surface area contributed by atoms with Gasteiger partial charge in [0, 0.05) is 45.9 Å². The summed E-state index contributed by atoms with van der Waals surface area (Å²) in [4.78, 5) is 27.7. The Kier molecular flexibility index (Phi) is 8.96. The Morgan fingerprint density at radius 1 is 1.10 bits per heavy atom. The van der Waals surface area contributed by atoms with Crippen LogP contribution < -0.4 is 10.6 Å². The Bertz CT molecular complexity index is 317. The minimum atomic E-state index is -0.427. The third kappa shape index (κ3) is 7.99. The van der Waals surface area contributed by atoms with E-state index in [2.05, 4.69) is 27.4 Å². The highest BCUT2D eigenvalue weighted by Gasteiger charge is 2.18. The Morgan fingerprint density at radius 2 is 1.76 bits per heavy atom. The van der Waals surface area contributed by atoms with Crippen LogP contribution in [0.4, 0.5) is 4.79 Å². The van der Waals surface area contributed by atoms with Crippen molar-refractivity contribution in [3.05, 3.63) is 0 Å². The van der Waals surface area contributed by atoms with Gasteiger partial charge in [-0.05, 0) is 19.9 Å². The molecule has 1 aliphatic rings. The lowest BCUT2D eigenvalue weighted by atomic mass is 10.3. The van der Waals surface area contributed by atoms with Crippen LogP contribution >= 0.6 is 0 Å². The highest BCUT2D eigenvalue weighted by Crippen LogP contribution is 2.00. The summed E-state index contributed by atoms with van der Waals surface area (Å²) in [5, 5.41) is 5.01. The van der Waals surface area contributed by atoms with Gasteiger partial charge in [0.25, 0.3) is 0 Å². The number of hydrogen-bond acceptors (Lipinski definition) is 5. The van der Waals surface area contributed by atoms with E-state index >= 15 is 0 Å². The van der Waals surface area contributed by atoms with E-state index in [4.69, 9.17) is 4.74 Å². The number of piperazine rings is 1. The highest BCUT2D eigenvalue weighted by molar-refractivity contribution is 5.95. The lowest BCUT2D eigenvalue weighted by Crippen LogP contribution is -2.51. The van der Waals surface area contributed by atoms with Gasteiger partial charge in [-0.25, -0.2) is 4.79 Å². The van der Waals surface area contributed by atoms with Crippen molar-refractivity contribution in [1.82, 2.24) is 20.4 Å². The van der Waals surface area contributed by atoms with Crippen LogP contribution in [0, 0.1) is 0 Å². The SMILES string of the molecule is CCOCCCNC(=O)NC(=O)CN1CCN(CC)CC1. The molecule has 1 heterocycles. The van der Waals surface area contributed by atoms with Crippen LogP contribution in [0.15, 0.2) is 0 Å². The van der Waals surface area contributed by atoms with Crippen molar-refractivity contribution in [2.75, 3.05) is 59.0 Å². The van der Waals surface area contributed by atoms with Gasteiger partial charge in [0.15, 0.2) is 0 Å². The van der Waals surface area contributed by atoms with Crippen LogP contribution in [0.3, 0.4) is 0 Å². The zero-order valence-electron chi connectivity index (χ0n) is 13.2. The molecule has 3 amide bonds. The molecule has 122 valence electrons. The second kappa shape index (κ2) is 10.5. The number of imide groups is 1. The van der Waals surface area contributed by atoms with Gasteiger partial charge in [0.05, 0.1) is 6.54 Å². The Morgan fingerprint density at radius 3 is 2.38 bits per heavy atom. The second-order valence-electron chi connectivity index (χ2n) is 5.06. The van der Waals surface area contributed by atoms with Gasteiger partial charge < -0.3 is 15.0 Å². The van der Waals surface area contributed by atoms with E-state index in [0.29, 0.717) is 19.8 Å². The molecular weight excluding hydrogens is 272 g/mol. The van der Waals surface area contributed by atoms with E-state index in [9.17, 15) is 9.59 Å². The zero-order chi connectivity index (χ0) is 15.5. The maximum Gasteiger partial charge on any atom is 0.321 e. The van der Waals surface area contributed by atoms with Crippen molar-refractivity contribution >= 4 is 11.9 Å². The number of ether oxygens (including phenoxy) is 1. The van der Waals surface area contributed by atoms with Crippen LogP contribution in [0.5, 0.6) is 0 Å². The number of likely N-dealkylation sites (N-methyl/N-ethyl adjacent to an activating group) is 1. The molecule has 7 nitrogen and oxygen atoms in total. The van der Waals surface area contributed by atoms with E-state index in [0.717, 1.165) is 39.1 Å². The molecule has 1 rings (SSSR count). The molecule has 0 aromatic rings. The van der Waals surface area contributed by atoms with Crippen molar-refractivity contribution in [2.24, 2.45) is 0 Å². The monoisotopic (exact) mass is 300 g/mol. The summed E-state index contributed by atoms with van der Waals surface area (Å²) in [5.41, 5.74) is 0.